The van der Waals surface area contributed by atoms with E-state index in [1.165, 1.54) is 22.7 Å². The highest BCUT2D eigenvalue weighted by atomic mass is 32.2. The van der Waals surface area contributed by atoms with Crippen molar-refractivity contribution in [1.82, 2.24) is 10.1 Å². The standard InChI is InChI=1S/C22H26N4O4S3/c1-19(2)20(3,4)24(28)15(23(19)27)13-9-11-12-10-14(32-18(12)33-17(11)31-13)16-25(29)21(5,6)22(7,8)26(16)30/h9-10H,1-8H3. The van der Waals surface area contributed by atoms with Crippen molar-refractivity contribution in [3.05, 3.63) is 32.3 Å². The number of fused-ring (bicyclic) bond motifs is 3. The van der Waals surface area contributed by atoms with Gasteiger partial charge in [-0.05, 0) is 67.5 Å². The van der Waals surface area contributed by atoms with Gasteiger partial charge in [-0.25, -0.2) is 0 Å². The third-order valence-electron chi connectivity index (χ3n) is 8.11. The topological polar surface area (TPSA) is 98.4 Å². The highest BCUT2D eigenvalue weighted by Crippen LogP contribution is 2.47. The zero-order valence-corrected chi connectivity index (χ0v) is 22.3. The summed E-state index contributed by atoms with van der Waals surface area (Å²) in [6, 6.07) is 3.77. The van der Waals surface area contributed by atoms with Gasteiger partial charge < -0.3 is 10.4 Å². The summed E-state index contributed by atoms with van der Waals surface area (Å²) in [4.78, 5) is 1.25. The Kier molecular flexibility index (Phi) is 4.43. The van der Waals surface area contributed by atoms with Gasteiger partial charge in [-0.1, -0.05) is 10.1 Å². The van der Waals surface area contributed by atoms with E-state index >= 15 is 0 Å². The predicted molar refractivity (Wildman–Crippen MR) is 132 cm³/mol. The first kappa shape index (κ1) is 22.9. The second-order valence-electron chi connectivity index (χ2n) is 10.8. The van der Waals surface area contributed by atoms with Gasteiger partial charge in [-0.15, -0.1) is 34.0 Å². The van der Waals surface area contributed by atoms with Crippen LogP contribution in [0.4, 0.5) is 0 Å². The van der Waals surface area contributed by atoms with E-state index < -0.39 is 22.2 Å². The van der Waals surface area contributed by atoms with Crippen LogP contribution in [0.25, 0.3) is 18.8 Å². The lowest BCUT2D eigenvalue weighted by Gasteiger charge is -2.32. The van der Waals surface area contributed by atoms with E-state index in [9.17, 15) is 20.8 Å². The van der Waals surface area contributed by atoms with E-state index in [0.717, 1.165) is 38.4 Å². The van der Waals surface area contributed by atoms with E-state index in [1.54, 1.807) is 66.7 Å². The fourth-order valence-corrected chi connectivity index (χ4v) is 8.28. The molecule has 0 N–H and O–H groups in total. The van der Waals surface area contributed by atoms with Gasteiger partial charge >= 0.3 is 11.7 Å². The largest absolute Gasteiger partial charge is 0.714 e. The molecule has 0 saturated carbocycles. The summed E-state index contributed by atoms with van der Waals surface area (Å²) in [6.07, 6.45) is 0. The number of hydrogen-bond acceptors (Lipinski definition) is 7. The Morgan fingerprint density at radius 2 is 1.00 bits per heavy atom. The van der Waals surface area contributed by atoms with Gasteiger partial charge in [0.1, 0.15) is 20.8 Å². The van der Waals surface area contributed by atoms with Crippen molar-refractivity contribution in [3.63, 3.8) is 0 Å². The summed E-state index contributed by atoms with van der Waals surface area (Å²) >= 11 is 4.41. The Hall–Kier alpha value is -1.92. The molecular formula is C22H26N4O4S3. The molecule has 0 aliphatic carbocycles. The van der Waals surface area contributed by atoms with Crippen molar-refractivity contribution < 1.29 is 19.9 Å². The molecule has 0 saturated heterocycles. The Morgan fingerprint density at radius 1 is 0.667 bits per heavy atom. The lowest BCUT2D eigenvalue weighted by atomic mass is 9.84. The van der Waals surface area contributed by atoms with Crippen LogP contribution >= 0.6 is 34.0 Å². The number of amidine groups is 2. The molecule has 11 heteroatoms. The van der Waals surface area contributed by atoms with E-state index in [2.05, 4.69) is 0 Å². The number of rotatable bonds is 2. The van der Waals surface area contributed by atoms with Crippen LogP contribution in [0.1, 0.15) is 65.1 Å². The zero-order chi connectivity index (χ0) is 24.5. The van der Waals surface area contributed by atoms with Gasteiger partial charge in [-0.2, -0.15) is 0 Å². The summed E-state index contributed by atoms with van der Waals surface area (Å²) in [5.74, 6) is 0.263. The fraction of sp³-hybridized carbons (Fsp3) is 0.545. The SMILES string of the molecule is CC1(C)N([O])C(c2cc3c(s2)sc2sc(C4=[N+]([O-])C(C)(C)C(C)(C)N4[O])cc23)=[N+]([O-])C1(C)C. The van der Waals surface area contributed by atoms with E-state index in [1.807, 2.05) is 12.1 Å². The molecule has 0 amide bonds. The minimum Gasteiger partial charge on any atom is -0.714 e. The molecule has 0 aromatic carbocycles. The van der Waals surface area contributed by atoms with Crippen LogP contribution in [-0.2, 0) is 10.4 Å². The molecule has 2 aliphatic heterocycles. The molecule has 0 unspecified atom stereocenters. The molecule has 2 radical (unpaired) electrons. The first-order valence-electron chi connectivity index (χ1n) is 10.6. The molecule has 2 aliphatic rings. The summed E-state index contributed by atoms with van der Waals surface area (Å²) in [5, 5.41) is 55.7. The molecule has 0 spiro atoms. The Labute approximate surface area is 204 Å². The molecule has 8 nitrogen and oxygen atoms in total. The van der Waals surface area contributed by atoms with Crippen LogP contribution in [0.2, 0.25) is 0 Å². The van der Waals surface area contributed by atoms with Gasteiger partial charge in [0.2, 0.25) is 0 Å². The van der Waals surface area contributed by atoms with E-state index in [-0.39, 0.29) is 11.7 Å². The minimum atomic E-state index is -0.875. The second-order valence-corrected chi connectivity index (χ2v) is 14.4. The molecule has 0 fully saturated rings. The average Bonchev–Trinajstić information content (AvgIpc) is 3.41. The van der Waals surface area contributed by atoms with E-state index in [4.69, 9.17) is 0 Å². The monoisotopic (exact) mass is 506 g/mol. The molecule has 3 aromatic rings. The maximum absolute atomic E-state index is 13.1. The first-order valence-corrected chi connectivity index (χ1v) is 13.1. The van der Waals surface area contributed by atoms with Crippen LogP contribution in [-0.4, -0.2) is 53.4 Å². The van der Waals surface area contributed by atoms with Gasteiger partial charge in [-0.3, -0.25) is 9.48 Å². The van der Waals surface area contributed by atoms with Gasteiger partial charge in [0.25, 0.3) is 0 Å². The third kappa shape index (κ3) is 2.57. The van der Waals surface area contributed by atoms with Crippen molar-refractivity contribution >= 4 is 64.5 Å². The molecule has 176 valence electrons. The van der Waals surface area contributed by atoms with Gasteiger partial charge in [0.15, 0.2) is 11.1 Å². The molecule has 33 heavy (non-hydrogen) atoms. The quantitative estimate of drug-likeness (QED) is 0.355. The predicted octanol–water partition coefficient (Wildman–Crippen LogP) is 5.13. The maximum Gasteiger partial charge on any atom is 0.326 e. The summed E-state index contributed by atoms with van der Waals surface area (Å²) in [5.41, 5.74) is -3.50. The molecular weight excluding hydrogens is 480 g/mol. The smallest absolute Gasteiger partial charge is 0.326 e. The normalized spacial score (nSPS) is 23.7. The highest BCUT2D eigenvalue weighted by molar-refractivity contribution is 7.49. The van der Waals surface area contributed by atoms with Crippen LogP contribution in [0.5, 0.6) is 0 Å². The van der Waals surface area contributed by atoms with Gasteiger partial charge in [0.05, 0.1) is 8.03 Å². The van der Waals surface area contributed by atoms with Crippen molar-refractivity contribution in [1.29, 1.82) is 0 Å². The Morgan fingerprint density at radius 3 is 1.27 bits per heavy atom. The van der Waals surface area contributed by atoms with Crippen molar-refractivity contribution in [2.75, 3.05) is 0 Å². The number of thiophene rings is 3. The van der Waals surface area contributed by atoms with Crippen LogP contribution in [0, 0.1) is 10.4 Å². The molecule has 0 atom stereocenters. The fourth-order valence-electron chi connectivity index (χ4n) is 4.20. The number of nitrogens with zero attached hydrogens (tertiary/aromatic N) is 4. The molecule has 5 rings (SSSR count). The van der Waals surface area contributed by atoms with Crippen LogP contribution < -0.4 is 0 Å². The maximum atomic E-state index is 13.1. The summed E-state index contributed by atoms with van der Waals surface area (Å²) < 4.78 is 3.66. The van der Waals surface area contributed by atoms with E-state index in [0.29, 0.717) is 9.75 Å². The van der Waals surface area contributed by atoms with Crippen molar-refractivity contribution in [3.8, 4) is 0 Å². The zero-order valence-electron chi connectivity index (χ0n) is 19.8. The molecule has 3 aromatic heterocycles. The van der Waals surface area contributed by atoms with Crippen LogP contribution in [0.3, 0.4) is 0 Å². The highest BCUT2D eigenvalue weighted by Gasteiger charge is 2.61. The second kappa shape index (κ2) is 6.39. The summed E-state index contributed by atoms with van der Waals surface area (Å²) in [6.45, 7) is 14.2. The lowest BCUT2D eigenvalue weighted by Crippen LogP contribution is -2.53. The van der Waals surface area contributed by atoms with Crippen molar-refractivity contribution in [2.45, 2.75) is 77.5 Å². The molecule has 5 heterocycles. The first-order chi connectivity index (χ1) is 15.0. The Balaban J connectivity index is 1.63. The number of hydroxylamine groups is 6. The Bertz CT molecular complexity index is 1290. The molecule has 0 bridgehead atoms. The van der Waals surface area contributed by atoms with Crippen LogP contribution in [0.15, 0.2) is 12.1 Å². The lowest BCUT2D eigenvalue weighted by molar-refractivity contribution is -0.539. The summed E-state index contributed by atoms with van der Waals surface area (Å²) in [7, 11) is 0. The van der Waals surface area contributed by atoms with Gasteiger partial charge in [0, 0.05) is 21.2 Å². The third-order valence-corrected chi connectivity index (χ3v) is 11.8. The minimum absolute atomic E-state index is 0.132. The average molecular weight is 507 g/mol. The number of hydrogen-bond donors (Lipinski definition) is 0. The van der Waals surface area contributed by atoms with Crippen molar-refractivity contribution in [2.24, 2.45) is 0 Å².